The quantitative estimate of drug-likeness (QED) is 0.770. The summed E-state index contributed by atoms with van der Waals surface area (Å²) in [5, 5.41) is 13.8. The maximum Gasteiger partial charge on any atom is 0.265 e. The fourth-order valence-electron chi connectivity index (χ4n) is 4.11. The maximum absolute atomic E-state index is 12.8. The van der Waals surface area contributed by atoms with Gasteiger partial charge in [-0.3, -0.25) is 14.6 Å². The van der Waals surface area contributed by atoms with Crippen molar-refractivity contribution >= 4 is 40.4 Å². The Labute approximate surface area is 185 Å². The van der Waals surface area contributed by atoms with Crippen molar-refractivity contribution in [3.8, 4) is 0 Å². The number of nitrogens with zero attached hydrogens (tertiary/aromatic N) is 3. The second-order valence-corrected chi connectivity index (χ2v) is 9.54. The molecule has 0 saturated carbocycles. The summed E-state index contributed by atoms with van der Waals surface area (Å²) in [6.07, 6.45) is -0.526. The van der Waals surface area contributed by atoms with E-state index >= 15 is 0 Å². The topological polar surface area (TPSA) is 47.0 Å². The van der Waals surface area contributed by atoms with Crippen LogP contribution in [0.15, 0.2) is 29.6 Å². The number of hydrogen-bond acceptors (Lipinski definition) is 5. The normalized spacial score (nSPS) is 23.7. The highest BCUT2D eigenvalue weighted by atomic mass is 35.5. The van der Waals surface area contributed by atoms with E-state index in [0.29, 0.717) is 23.0 Å². The zero-order valence-electron chi connectivity index (χ0n) is 16.4. The molecule has 5 nitrogen and oxygen atoms in total. The lowest BCUT2D eigenvalue weighted by molar-refractivity contribution is 0.0423. The van der Waals surface area contributed by atoms with Crippen LogP contribution in [0.2, 0.25) is 10.0 Å². The van der Waals surface area contributed by atoms with Gasteiger partial charge >= 0.3 is 0 Å². The number of benzene rings is 1. The number of rotatable bonds is 4. The van der Waals surface area contributed by atoms with Gasteiger partial charge in [-0.05, 0) is 35.6 Å². The number of likely N-dealkylation sites (tertiary alicyclic amines) is 1. The highest BCUT2D eigenvalue weighted by Gasteiger charge is 2.39. The third kappa shape index (κ3) is 4.63. The molecule has 1 amide bonds. The summed E-state index contributed by atoms with van der Waals surface area (Å²) < 4.78 is 0. The molecule has 3 heterocycles. The number of hydrogen-bond donors (Lipinski definition) is 1. The Bertz CT molecular complexity index is 865. The number of piperazine rings is 1. The fraction of sp³-hybridized carbons (Fsp3) is 0.476. The number of aliphatic hydroxyl groups excluding tert-OH is 1. The molecule has 8 heteroatoms. The standard InChI is InChI=1S/C21H25Cl2N3O2S/c1-14-13-29-20(19(14)23)21(28)26-11-17(18(27)12-26)25-8-6-24(7-9-25)10-15-2-4-16(22)5-3-15/h2-5,13,17-18,27H,6-12H2,1H3/t17-,18-/m0/s1. The van der Waals surface area contributed by atoms with Gasteiger partial charge in [0, 0.05) is 50.8 Å². The third-order valence-corrected chi connectivity index (χ3v) is 7.77. The van der Waals surface area contributed by atoms with Crippen LogP contribution in [0.3, 0.4) is 0 Å². The second kappa shape index (κ2) is 8.92. The van der Waals surface area contributed by atoms with Crippen molar-refractivity contribution in [3.63, 3.8) is 0 Å². The van der Waals surface area contributed by atoms with E-state index in [2.05, 4.69) is 21.9 Å². The lowest BCUT2D eigenvalue weighted by Crippen LogP contribution is -2.53. The average molecular weight is 454 g/mol. The van der Waals surface area contributed by atoms with E-state index in [1.807, 2.05) is 24.4 Å². The summed E-state index contributed by atoms with van der Waals surface area (Å²) in [7, 11) is 0. The molecule has 156 valence electrons. The molecule has 2 saturated heterocycles. The average Bonchev–Trinajstić information content (AvgIpc) is 3.26. The van der Waals surface area contributed by atoms with E-state index in [-0.39, 0.29) is 11.9 Å². The maximum atomic E-state index is 12.8. The van der Waals surface area contributed by atoms with Crippen LogP contribution >= 0.6 is 34.5 Å². The molecule has 1 aromatic heterocycles. The van der Waals surface area contributed by atoms with Crippen LogP contribution in [0.25, 0.3) is 0 Å². The third-order valence-electron chi connectivity index (χ3n) is 5.83. The molecule has 29 heavy (non-hydrogen) atoms. The highest BCUT2D eigenvalue weighted by Crippen LogP contribution is 2.30. The van der Waals surface area contributed by atoms with Crippen LogP contribution < -0.4 is 0 Å². The molecule has 0 radical (unpaired) electrons. The number of β-amino-alcohol motifs (C(OH)–C–C–N with tert-alkyl or cyclic N) is 1. The zero-order valence-corrected chi connectivity index (χ0v) is 18.7. The monoisotopic (exact) mass is 453 g/mol. The Morgan fingerprint density at radius 1 is 1.14 bits per heavy atom. The Balaban J connectivity index is 1.32. The first-order valence-electron chi connectivity index (χ1n) is 9.84. The lowest BCUT2D eigenvalue weighted by Gasteiger charge is -2.38. The summed E-state index contributed by atoms with van der Waals surface area (Å²) in [6, 6.07) is 7.97. The molecule has 1 aromatic carbocycles. The SMILES string of the molecule is Cc1csc(C(=O)N2C[C@H](O)[C@@H](N3CCN(Cc4ccc(Cl)cc4)CC3)C2)c1Cl. The smallest absolute Gasteiger partial charge is 0.265 e. The number of halogens is 2. The molecular weight excluding hydrogens is 429 g/mol. The van der Waals surface area contributed by atoms with Gasteiger partial charge in [-0.1, -0.05) is 35.3 Å². The number of thiophene rings is 1. The van der Waals surface area contributed by atoms with Crippen molar-refractivity contribution in [1.82, 2.24) is 14.7 Å². The van der Waals surface area contributed by atoms with Gasteiger partial charge in [0.1, 0.15) is 4.88 Å². The van der Waals surface area contributed by atoms with Crippen LogP contribution in [-0.2, 0) is 6.54 Å². The Morgan fingerprint density at radius 2 is 1.83 bits per heavy atom. The second-order valence-electron chi connectivity index (χ2n) is 7.85. The van der Waals surface area contributed by atoms with Crippen molar-refractivity contribution < 1.29 is 9.90 Å². The number of aliphatic hydroxyl groups is 1. The molecule has 2 aromatic rings. The van der Waals surface area contributed by atoms with Crippen LogP contribution in [-0.4, -0.2) is 77.1 Å². The number of carbonyl (C=O) groups excluding carboxylic acids is 1. The molecule has 0 unspecified atom stereocenters. The predicted molar refractivity (Wildman–Crippen MR) is 118 cm³/mol. The van der Waals surface area contributed by atoms with Crippen LogP contribution in [0.1, 0.15) is 20.8 Å². The largest absolute Gasteiger partial charge is 0.390 e. The van der Waals surface area contributed by atoms with E-state index in [9.17, 15) is 9.90 Å². The van der Waals surface area contributed by atoms with Crippen molar-refractivity contribution in [2.24, 2.45) is 0 Å². The molecule has 0 spiro atoms. The van der Waals surface area contributed by atoms with Crippen molar-refractivity contribution in [3.05, 3.63) is 55.7 Å². The summed E-state index contributed by atoms with van der Waals surface area (Å²) >= 11 is 13.6. The molecule has 2 atom stereocenters. The summed E-state index contributed by atoms with van der Waals surface area (Å²) in [5.74, 6) is -0.0731. The van der Waals surface area contributed by atoms with Gasteiger partial charge in [-0.15, -0.1) is 11.3 Å². The molecular formula is C21H25Cl2N3O2S. The van der Waals surface area contributed by atoms with Gasteiger partial charge in [0.25, 0.3) is 5.91 Å². The van der Waals surface area contributed by atoms with E-state index < -0.39 is 6.10 Å². The number of aryl methyl sites for hydroxylation is 1. The fourth-order valence-corrected chi connectivity index (χ4v) is 5.48. The van der Waals surface area contributed by atoms with Crippen molar-refractivity contribution in [2.75, 3.05) is 39.3 Å². The van der Waals surface area contributed by atoms with Crippen LogP contribution in [0.5, 0.6) is 0 Å². The first-order valence-corrected chi connectivity index (χ1v) is 11.5. The van der Waals surface area contributed by atoms with E-state index in [4.69, 9.17) is 23.2 Å². The summed E-state index contributed by atoms with van der Waals surface area (Å²) in [6.45, 7) is 7.37. The van der Waals surface area contributed by atoms with Gasteiger partial charge in [0.2, 0.25) is 0 Å². The number of carbonyl (C=O) groups is 1. The van der Waals surface area contributed by atoms with Crippen LogP contribution in [0.4, 0.5) is 0 Å². The lowest BCUT2D eigenvalue weighted by atomic mass is 10.1. The Hall–Kier alpha value is -1.15. The van der Waals surface area contributed by atoms with E-state index in [1.165, 1.54) is 16.9 Å². The molecule has 0 bridgehead atoms. The summed E-state index contributed by atoms with van der Waals surface area (Å²) in [5.41, 5.74) is 2.18. The van der Waals surface area contributed by atoms with Crippen molar-refractivity contribution in [2.45, 2.75) is 25.6 Å². The minimum Gasteiger partial charge on any atom is -0.390 e. The molecule has 1 N–H and O–H groups in total. The highest BCUT2D eigenvalue weighted by molar-refractivity contribution is 7.13. The first-order chi connectivity index (χ1) is 13.9. The molecule has 2 aliphatic heterocycles. The van der Waals surface area contributed by atoms with Crippen LogP contribution in [0, 0.1) is 6.92 Å². The van der Waals surface area contributed by atoms with Gasteiger partial charge in [0.05, 0.1) is 17.2 Å². The molecule has 0 aliphatic carbocycles. The van der Waals surface area contributed by atoms with E-state index in [1.54, 1.807) is 4.90 Å². The minimum atomic E-state index is -0.526. The van der Waals surface area contributed by atoms with Crippen molar-refractivity contribution in [1.29, 1.82) is 0 Å². The molecule has 2 aliphatic rings. The Morgan fingerprint density at radius 3 is 2.45 bits per heavy atom. The number of amides is 1. The zero-order chi connectivity index (χ0) is 20.5. The van der Waals surface area contributed by atoms with Gasteiger partial charge in [-0.2, -0.15) is 0 Å². The van der Waals surface area contributed by atoms with E-state index in [0.717, 1.165) is 43.3 Å². The molecule has 4 rings (SSSR count). The Kier molecular flexibility index (Phi) is 6.49. The van der Waals surface area contributed by atoms with Gasteiger partial charge in [-0.25, -0.2) is 0 Å². The predicted octanol–water partition coefficient (Wildman–Crippen LogP) is 3.37. The minimum absolute atomic E-state index is 0.0172. The van der Waals surface area contributed by atoms with Gasteiger partial charge < -0.3 is 10.0 Å². The van der Waals surface area contributed by atoms with Gasteiger partial charge in [0.15, 0.2) is 0 Å². The summed E-state index contributed by atoms with van der Waals surface area (Å²) in [4.78, 5) is 19.9. The molecule has 2 fully saturated rings. The first kappa shape index (κ1) is 21.1.